The zero-order valence-electron chi connectivity index (χ0n) is 17.4. The molecule has 0 radical (unpaired) electrons. The minimum absolute atomic E-state index is 0.142. The predicted molar refractivity (Wildman–Crippen MR) is 118 cm³/mol. The van der Waals surface area contributed by atoms with Crippen LogP contribution in [0, 0.1) is 0 Å². The standard InChI is InChI=1S/C23H22N4O4/c1-14(28)25-15-6-8-16(9-7-15)26-22-21-18(5-4-12-24-21)23(29)27(22)19-13-17(30-2)10-11-20(19)31-3/h4-13,22,26H,1-3H3,(H,25,28). The van der Waals surface area contributed by atoms with Gasteiger partial charge in [-0.3, -0.25) is 19.5 Å². The zero-order valence-corrected chi connectivity index (χ0v) is 17.4. The minimum Gasteiger partial charge on any atom is -0.497 e. The van der Waals surface area contributed by atoms with Crippen LogP contribution in [-0.4, -0.2) is 31.0 Å². The van der Waals surface area contributed by atoms with E-state index in [2.05, 4.69) is 15.6 Å². The van der Waals surface area contributed by atoms with Crippen LogP contribution >= 0.6 is 0 Å². The molecule has 2 heterocycles. The van der Waals surface area contributed by atoms with Crippen molar-refractivity contribution in [2.24, 2.45) is 0 Å². The van der Waals surface area contributed by atoms with Crippen LogP contribution in [-0.2, 0) is 4.79 Å². The van der Waals surface area contributed by atoms with Crippen molar-refractivity contribution >= 4 is 28.9 Å². The van der Waals surface area contributed by atoms with Gasteiger partial charge in [0.2, 0.25) is 5.91 Å². The number of carbonyl (C=O) groups excluding carboxylic acids is 2. The molecular formula is C23H22N4O4. The molecule has 1 aromatic heterocycles. The Morgan fingerprint density at radius 3 is 2.45 bits per heavy atom. The van der Waals surface area contributed by atoms with E-state index < -0.39 is 6.17 Å². The first-order valence-electron chi connectivity index (χ1n) is 9.66. The van der Waals surface area contributed by atoms with Crippen LogP contribution < -0.4 is 25.0 Å². The van der Waals surface area contributed by atoms with Crippen LogP contribution in [0.15, 0.2) is 60.8 Å². The lowest BCUT2D eigenvalue weighted by atomic mass is 10.2. The Labute approximate surface area is 179 Å². The molecule has 0 spiro atoms. The van der Waals surface area contributed by atoms with Crippen molar-refractivity contribution in [2.45, 2.75) is 13.1 Å². The topological polar surface area (TPSA) is 92.8 Å². The van der Waals surface area contributed by atoms with Crippen molar-refractivity contribution in [3.8, 4) is 11.5 Å². The molecule has 2 aromatic carbocycles. The molecule has 0 bridgehead atoms. The maximum atomic E-state index is 13.3. The first-order valence-corrected chi connectivity index (χ1v) is 9.66. The fraction of sp³-hybridized carbons (Fsp3) is 0.174. The number of rotatable bonds is 6. The third-order valence-electron chi connectivity index (χ3n) is 4.96. The highest BCUT2D eigenvalue weighted by atomic mass is 16.5. The third kappa shape index (κ3) is 3.87. The summed E-state index contributed by atoms with van der Waals surface area (Å²) in [6.45, 7) is 1.46. The number of carbonyl (C=O) groups is 2. The summed E-state index contributed by atoms with van der Waals surface area (Å²) in [5.41, 5.74) is 3.14. The van der Waals surface area contributed by atoms with Crippen molar-refractivity contribution in [3.63, 3.8) is 0 Å². The van der Waals surface area contributed by atoms with Crippen LogP contribution in [0.1, 0.15) is 29.1 Å². The molecular weight excluding hydrogens is 396 g/mol. The van der Waals surface area contributed by atoms with Gasteiger partial charge < -0.3 is 20.1 Å². The number of pyridine rings is 1. The van der Waals surface area contributed by atoms with Gasteiger partial charge in [0.1, 0.15) is 11.5 Å². The molecule has 0 saturated heterocycles. The molecule has 8 nitrogen and oxygen atoms in total. The maximum absolute atomic E-state index is 13.3. The Morgan fingerprint density at radius 2 is 1.77 bits per heavy atom. The summed E-state index contributed by atoms with van der Waals surface area (Å²) < 4.78 is 10.9. The first kappa shape index (κ1) is 20.2. The molecule has 1 aliphatic heterocycles. The van der Waals surface area contributed by atoms with Gasteiger partial charge in [-0.15, -0.1) is 0 Å². The average molecular weight is 418 g/mol. The lowest BCUT2D eigenvalue weighted by Gasteiger charge is -2.28. The van der Waals surface area contributed by atoms with Gasteiger partial charge in [-0.25, -0.2) is 0 Å². The Hall–Kier alpha value is -4.07. The summed E-state index contributed by atoms with van der Waals surface area (Å²) >= 11 is 0. The van der Waals surface area contributed by atoms with Crippen LogP contribution in [0.5, 0.6) is 11.5 Å². The molecule has 3 aromatic rings. The van der Waals surface area contributed by atoms with E-state index in [0.29, 0.717) is 34.1 Å². The quantitative estimate of drug-likeness (QED) is 0.632. The normalized spacial score (nSPS) is 14.7. The molecule has 1 aliphatic rings. The molecule has 158 valence electrons. The predicted octanol–water partition coefficient (Wildman–Crippen LogP) is 3.83. The van der Waals surface area contributed by atoms with Crippen LogP contribution in [0.4, 0.5) is 17.1 Å². The second-order valence-corrected chi connectivity index (χ2v) is 6.95. The van der Waals surface area contributed by atoms with E-state index in [9.17, 15) is 9.59 Å². The van der Waals surface area contributed by atoms with Crippen molar-refractivity contribution in [3.05, 3.63) is 72.1 Å². The fourth-order valence-electron chi connectivity index (χ4n) is 3.56. The van der Waals surface area contributed by atoms with Crippen LogP contribution in [0.3, 0.4) is 0 Å². The molecule has 4 rings (SSSR count). The summed E-state index contributed by atoms with van der Waals surface area (Å²) in [4.78, 5) is 30.7. The lowest BCUT2D eigenvalue weighted by Crippen LogP contribution is -2.32. The van der Waals surface area contributed by atoms with Crippen molar-refractivity contribution in [1.29, 1.82) is 0 Å². The molecule has 0 saturated carbocycles. The van der Waals surface area contributed by atoms with E-state index in [1.807, 2.05) is 12.1 Å². The molecule has 0 aliphatic carbocycles. The number of amides is 2. The van der Waals surface area contributed by atoms with Gasteiger partial charge in [-0.05, 0) is 48.5 Å². The van der Waals surface area contributed by atoms with Gasteiger partial charge in [0.15, 0.2) is 6.17 Å². The molecule has 1 atom stereocenters. The van der Waals surface area contributed by atoms with Gasteiger partial charge >= 0.3 is 0 Å². The summed E-state index contributed by atoms with van der Waals surface area (Å²) in [5.74, 6) is 0.805. The van der Waals surface area contributed by atoms with Gasteiger partial charge in [0.25, 0.3) is 5.91 Å². The van der Waals surface area contributed by atoms with Crippen LogP contribution in [0.25, 0.3) is 0 Å². The number of nitrogens with one attached hydrogen (secondary N) is 2. The zero-order chi connectivity index (χ0) is 22.0. The maximum Gasteiger partial charge on any atom is 0.262 e. The minimum atomic E-state index is -0.559. The number of nitrogens with zero attached hydrogens (tertiary/aromatic N) is 2. The van der Waals surface area contributed by atoms with Crippen molar-refractivity contribution in [2.75, 3.05) is 29.8 Å². The Morgan fingerprint density at radius 1 is 1.03 bits per heavy atom. The number of aromatic nitrogens is 1. The smallest absolute Gasteiger partial charge is 0.262 e. The molecule has 31 heavy (non-hydrogen) atoms. The number of anilines is 3. The second-order valence-electron chi connectivity index (χ2n) is 6.95. The van der Waals surface area contributed by atoms with Gasteiger partial charge in [0, 0.05) is 30.6 Å². The largest absolute Gasteiger partial charge is 0.497 e. The van der Waals surface area contributed by atoms with Gasteiger partial charge in [-0.2, -0.15) is 0 Å². The van der Waals surface area contributed by atoms with Gasteiger partial charge in [0.05, 0.1) is 31.2 Å². The number of ether oxygens (including phenoxy) is 2. The molecule has 2 N–H and O–H groups in total. The Balaban J connectivity index is 1.75. The SMILES string of the molecule is COc1ccc(OC)c(N2C(=O)c3cccnc3C2Nc2ccc(NC(C)=O)cc2)c1. The van der Waals surface area contributed by atoms with Crippen molar-refractivity contribution < 1.29 is 19.1 Å². The molecule has 8 heteroatoms. The number of hydrogen-bond acceptors (Lipinski definition) is 6. The summed E-state index contributed by atoms with van der Waals surface area (Å²) in [6, 6.07) is 16.0. The molecule has 2 amide bonds. The first-order chi connectivity index (χ1) is 15.0. The highest BCUT2D eigenvalue weighted by molar-refractivity contribution is 6.11. The van der Waals surface area contributed by atoms with Crippen molar-refractivity contribution in [1.82, 2.24) is 4.98 Å². The summed E-state index contributed by atoms with van der Waals surface area (Å²) in [7, 11) is 3.13. The Bertz CT molecular complexity index is 1130. The fourth-order valence-corrected chi connectivity index (χ4v) is 3.56. The second kappa shape index (κ2) is 8.35. The lowest BCUT2D eigenvalue weighted by molar-refractivity contribution is -0.114. The molecule has 0 fully saturated rings. The summed E-state index contributed by atoms with van der Waals surface area (Å²) in [6.07, 6.45) is 1.10. The van der Waals surface area contributed by atoms with Gasteiger partial charge in [-0.1, -0.05) is 0 Å². The van der Waals surface area contributed by atoms with E-state index in [1.165, 1.54) is 6.92 Å². The number of benzene rings is 2. The number of hydrogen-bond donors (Lipinski definition) is 2. The third-order valence-corrected chi connectivity index (χ3v) is 4.96. The number of methoxy groups -OCH3 is 2. The summed E-state index contributed by atoms with van der Waals surface area (Å²) in [5, 5.41) is 6.12. The van der Waals surface area contributed by atoms with E-state index in [-0.39, 0.29) is 11.8 Å². The van der Waals surface area contributed by atoms with Crippen LogP contribution in [0.2, 0.25) is 0 Å². The monoisotopic (exact) mass is 418 g/mol. The van der Waals surface area contributed by atoms with E-state index in [0.717, 1.165) is 5.69 Å². The molecule has 1 unspecified atom stereocenters. The highest BCUT2D eigenvalue weighted by Crippen LogP contribution is 2.42. The Kier molecular flexibility index (Phi) is 5.44. The van der Waals surface area contributed by atoms with E-state index in [1.54, 1.807) is 67.8 Å². The number of fused-ring (bicyclic) bond motifs is 1. The van der Waals surface area contributed by atoms with E-state index in [4.69, 9.17) is 9.47 Å². The van der Waals surface area contributed by atoms with E-state index >= 15 is 0 Å². The highest BCUT2D eigenvalue weighted by Gasteiger charge is 2.40. The average Bonchev–Trinajstić information content (AvgIpc) is 3.06.